The molecule has 0 aliphatic heterocycles. The number of benzene rings is 1. The number of aryl methyl sites for hydroxylation is 1. The van der Waals surface area contributed by atoms with E-state index in [4.69, 9.17) is 0 Å². The highest BCUT2D eigenvalue weighted by molar-refractivity contribution is 5.97. The molecule has 1 amide bonds. The highest BCUT2D eigenvalue weighted by Gasteiger charge is 2.10. The number of carbonyl (C=O) groups excluding carboxylic acids is 1. The van der Waals surface area contributed by atoms with Crippen LogP contribution < -0.4 is 5.32 Å². The number of nitrogens with zero attached hydrogens (tertiary/aromatic N) is 2. The van der Waals surface area contributed by atoms with Crippen LogP contribution in [0, 0.1) is 0 Å². The zero-order valence-corrected chi connectivity index (χ0v) is 9.64. The van der Waals surface area contributed by atoms with Gasteiger partial charge in [-0.2, -0.15) is 5.10 Å². The van der Waals surface area contributed by atoms with Gasteiger partial charge in [0.25, 0.3) is 5.91 Å². The third kappa shape index (κ3) is 2.13. The Morgan fingerprint density at radius 2 is 2.18 bits per heavy atom. The van der Waals surface area contributed by atoms with Crippen molar-refractivity contribution < 1.29 is 9.90 Å². The van der Waals surface area contributed by atoms with Crippen molar-refractivity contribution in [1.82, 2.24) is 15.1 Å². The van der Waals surface area contributed by atoms with Crippen molar-refractivity contribution in [3.63, 3.8) is 0 Å². The van der Waals surface area contributed by atoms with E-state index >= 15 is 0 Å². The Morgan fingerprint density at radius 3 is 2.71 bits per heavy atom. The van der Waals surface area contributed by atoms with Gasteiger partial charge in [-0.15, -0.1) is 0 Å². The van der Waals surface area contributed by atoms with Crippen molar-refractivity contribution in [2.75, 3.05) is 7.05 Å². The molecule has 1 aromatic carbocycles. The Labute approximate surface area is 98.7 Å². The minimum absolute atomic E-state index is 0.0364. The summed E-state index contributed by atoms with van der Waals surface area (Å²) in [6.07, 6.45) is 3.54. The number of nitrogens with one attached hydrogen (secondary N) is 1. The van der Waals surface area contributed by atoms with Gasteiger partial charge in [0.15, 0.2) is 0 Å². The van der Waals surface area contributed by atoms with Gasteiger partial charge in [-0.1, -0.05) is 6.07 Å². The summed E-state index contributed by atoms with van der Waals surface area (Å²) in [7, 11) is 3.35. The molecule has 0 bridgehead atoms. The van der Waals surface area contributed by atoms with Crippen molar-refractivity contribution in [3.8, 4) is 16.9 Å². The first-order valence-corrected chi connectivity index (χ1v) is 5.16. The number of amides is 1. The average Bonchev–Trinajstić information content (AvgIpc) is 2.75. The summed E-state index contributed by atoms with van der Waals surface area (Å²) in [5.74, 6) is -0.342. The van der Waals surface area contributed by atoms with Gasteiger partial charge in [-0.25, -0.2) is 0 Å². The van der Waals surface area contributed by atoms with Gasteiger partial charge in [-0.05, 0) is 17.7 Å². The van der Waals surface area contributed by atoms with E-state index in [1.165, 1.54) is 7.05 Å². The first-order chi connectivity index (χ1) is 8.11. The van der Waals surface area contributed by atoms with E-state index in [2.05, 4.69) is 10.4 Å². The van der Waals surface area contributed by atoms with E-state index in [1.54, 1.807) is 29.1 Å². The standard InChI is InChI=1S/C12H13N3O2/c1-13-12(17)10-4-3-8(5-11(10)16)9-6-14-15(2)7-9/h3-7,16H,1-2H3,(H,13,17). The van der Waals surface area contributed by atoms with Crippen LogP contribution in [0.1, 0.15) is 10.4 Å². The predicted molar refractivity (Wildman–Crippen MR) is 63.7 cm³/mol. The van der Waals surface area contributed by atoms with Gasteiger partial charge in [0, 0.05) is 25.9 Å². The molecule has 88 valence electrons. The topological polar surface area (TPSA) is 67.2 Å². The summed E-state index contributed by atoms with van der Waals surface area (Å²) in [6.45, 7) is 0. The second-order valence-electron chi connectivity index (χ2n) is 3.71. The maximum Gasteiger partial charge on any atom is 0.254 e. The maximum atomic E-state index is 11.4. The summed E-state index contributed by atoms with van der Waals surface area (Å²) in [4.78, 5) is 11.4. The molecule has 0 radical (unpaired) electrons. The molecule has 0 atom stereocenters. The third-order valence-corrected chi connectivity index (χ3v) is 2.51. The lowest BCUT2D eigenvalue weighted by molar-refractivity contribution is 0.0960. The van der Waals surface area contributed by atoms with E-state index in [1.807, 2.05) is 13.2 Å². The first-order valence-electron chi connectivity index (χ1n) is 5.16. The number of phenols is 1. The molecule has 5 nitrogen and oxygen atoms in total. The van der Waals surface area contributed by atoms with Crippen molar-refractivity contribution in [2.24, 2.45) is 7.05 Å². The number of hydrogen-bond acceptors (Lipinski definition) is 3. The van der Waals surface area contributed by atoms with Crippen LogP contribution in [0.5, 0.6) is 5.75 Å². The van der Waals surface area contributed by atoms with E-state index in [-0.39, 0.29) is 17.2 Å². The van der Waals surface area contributed by atoms with Crippen molar-refractivity contribution in [1.29, 1.82) is 0 Å². The largest absolute Gasteiger partial charge is 0.507 e. The fraction of sp³-hybridized carbons (Fsp3) is 0.167. The number of carbonyl (C=O) groups is 1. The number of rotatable bonds is 2. The molecule has 0 saturated carbocycles. The first kappa shape index (κ1) is 11.2. The summed E-state index contributed by atoms with van der Waals surface area (Å²) in [5, 5.41) is 16.3. The summed E-state index contributed by atoms with van der Waals surface area (Å²) < 4.78 is 1.68. The van der Waals surface area contributed by atoms with Gasteiger partial charge < -0.3 is 10.4 Å². The fourth-order valence-electron chi connectivity index (χ4n) is 1.61. The van der Waals surface area contributed by atoms with Crippen LogP contribution in [-0.4, -0.2) is 27.8 Å². The van der Waals surface area contributed by atoms with E-state index in [9.17, 15) is 9.90 Å². The van der Waals surface area contributed by atoms with E-state index < -0.39 is 0 Å². The lowest BCUT2D eigenvalue weighted by Crippen LogP contribution is -2.17. The van der Waals surface area contributed by atoms with Gasteiger partial charge in [0.1, 0.15) is 5.75 Å². The second-order valence-corrected chi connectivity index (χ2v) is 3.71. The molecular weight excluding hydrogens is 218 g/mol. The molecule has 1 aromatic heterocycles. The summed E-state index contributed by atoms with van der Waals surface area (Å²) in [5.41, 5.74) is 1.98. The molecule has 1 heterocycles. The second kappa shape index (κ2) is 4.29. The quantitative estimate of drug-likeness (QED) is 0.814. The monoisotopic (exact) mass is 231 g/mol. The number of aromatic hydroxyl groups is 1. The van der Waals surface area contributed by atoms with E-state index in [0.29, 0.717) is 0 Å². The number of aromatic nitrogens is 2. The van der Waals surface area contributed by atoms with Gasteiger partial charge in [-0.3, -0.25) is 9.48 Å². The molecule has 17 heavy (non-hydrogen) atoms. The van der Waals surface area contributed by atoms with Crippen LogP contribution in [0.4, 0.5) is 0 Å². The molecular formula is C12H13N3O2. The number of phenolic OH excluding ortho intramolecular Hbond substituents is 1. The molecule has 0 fully saturated rings. The maximum absolute atomic E-state index is 11.4. The highest BCUT2D eigenvalue weighted by atomic mass is 16.3. The smallest absolute Gasteiger partial charge is 0.254 e. The molecule has 0 aliphatic carbocycles. The molecule has 0 saturated heterocycles. The molecule has 0 aliphatic rings. The third-order valence-electron chi connectivity index (χ3n) is 2.51. The lowest BCUT2D eigenvalue weighted by atomic mass is 10.1. The van der Waals surface area contributed by atoms with Crippen LogP contribution in [0.2, 0.25) is 0 Å². The lowest BCUT2D eigenvalue weighted by Gasteiger charge is -2.04. The normalized spacial score (nSPS) is 10.2. The predicted octanol–water partition coefficient (Wildman–Crippen LogP) is 1.15. The fourth-order valence-corrected chi connectivity index (χ4v) is 1.61. The Bertz CT molecular complexity index is 561. The van der Waals surface area contributed by atoms with Crippen molar-refractivity contribution in [3.05, 3.63) is 36.2 Å². The van der Waals surface area contributed by atoms with Crippen LogP contribution in [-0.2, 0) is 7.05 Å². The number of hydrogen-bond donors (Lipinski definition) is 2. The zero-order valence-electron chi connectivity index (χ0n) is 9.64. The Morgan fingerprint density at radius 1 is 1.41 bits per heavy atom. The van der Waals surface area contributed by atoms with Gasteiger partial charge in [0.2, 0.25) is 0 Å². The summed E-state index contributed by atoms with van der Waals surface area (Å²) in [6, 6.07) is 4.93. The van der Waals surface area contributed by atoms with Crippen molar-refractivity contribution >= 4 is 5.91 Å². The molecule has 5 heteroatoms. The SMILES string of the molecule is CNC(=O)c1ccc(-c2cnn(C)c2)cc1O. The van der Waals surface area contributed by atoms with Crippen molar-refractivity contribution in [2.45, 2.75) is 0 Å². The Balaban J connectivity index is 2.40. The minimum atomic E-state index is -0.305. The van der Waals surface area contributed by atoms with Gasteiger partial charge >= 0.3 is 0 Å². The van der Waals surface area contributed by atoms with Gasteiger partial charge in [0.05, 0.1) is 11.8 Å². The van der Waals surface area contributed by atoms with Crippen LogP contribution >= 0.6 is 0 Å². The van der Waals surface area contributed by atoms with E-state index in [0.717, 1.165) is 11.1 Å². The van der Waals surface area contributed by atoms with Crippen LogP contribution in [0.25, 0.3) is 11.1 Å². The van der Waals surface area contributed by atoms with Crippen LogP contribution in [0.3, 0.4) is 0 Å². The molecule has 2 N–H and O–H groups in total. The molecule has 2 aromatic rings. The molecule has 0 unspecified atom stereocenters. The zero-order chi connectivity index (χ0) is 12.4. The average molecular weight is 231 g/mol. The molecule has 2 rings (SSSR count). The molecule has 0 spiro atoms. The minimum Gasteiger partial charge on any atom is -0.507 e. The summed E-state index contributed by atoms with van der Waals surface area (Å²) >= 11 is 0. The Kier molecular flexibility index (Phi) is 2.82. The van der Waals surface area contributed by atoms with Crippen LogP contribution in [0.15, 0.2) is 30.6 Å². The Hall–Kier alpha value is -2.30. The highest BCUT2D eigenvalue weighted by Crippen LogP contribution is 2.25.